The number of unbranched alkanes of at least 4 members (excludes halogenated alkanes) is 7. The van der Waals surface area contributed by atoms with Crippen molar-refractivity contribution in [3.63, 3.8) is 0 Å². The van der Waals surface area contributed by atoms with Crippen molar-refractivity contribution < 1.29 is 81.7 Å². The van der Waals surface area contributed by atoms with Crippen LogP contribution in [0.3, 0.4) is 0 Å². The number of allylic oxidation sites excluding steroid dienone is 16. The third kappa shape index (κ3) is 32.4. The molecule has 19 heteroatoms. The van der Waals surface area contributed by atoms with Gasteiger partial charge in [-0.2, -0.15) is 0 Å². The lowest BCUT2D eigenvalue weighted by atomic mass is 9.85. The van der Waals surface area contributed by atoms with Gasteiger partial charge in [0.15, 0.2) is 11.9 Å². The van der Waals surface area contributed by atoms with Gasteiger partial charge in [0.1, 0.15) is 43.2 Å². The number of carbonyl (C=O) groups is 3. The van der Waals surface area contributed by atoms with Crippen LogP contribution in [0.1, 0.15) is 136 Å². The lowest BCUT2D eigenvalue weighted by Crippen LogP contribution is -2.64. The van der Waals surface area contributed by atoms with E-state index in [9.17, 15) is 58.6 Å². The molecule has 5 unspecified atom stereocenters. The lowest BCUT2D eigenvalue weighted by Gasteiger charge is -2.43. The maximum atomic E-state index is 13.0. The van der Waals surface area contributed by atoms with E-state index in [1.54, 1.807) is 12.2 Å². The molecule has 0 spiro atoms. The number of esters is 2. The van der Waals surface area contributed by atoms with Crippen LogP contribution < -0.4 is 0 Å². The molecule has 0 aromatic carbocycles. The summed E-state index contributed by atoms with van der Waals surface area (Å²) in [5.74, 6) is -1.74. The van der Waals surface area contributed by atoms with E-state index in [4.69, 9.17) is 18.5 Å². The molecule has 0 saturated heterocycles. The number of ether oxygens (including phenoxy) is 2. The maximum Gasteiger partial charge on any atom is 0.472 e. The fourth-order valence-corrected chi connectivity index (χ4v) is 7.98. The summed E-state index contributed by atoms with van der Waals surface area (Å²) >= 11 is 0. The fraction of sp³-hybridized carbons (Fsp3) is 0.612. The van der Waals surface area contributed by atoms with Crippen LogP contribution in [0.4, 0.5) is 0 Å². The number of hydrogen-bond donors (Lipinski definition) is 7. The summed E-state index contributed by atoms with van der Waals surface area (Å²) < 4.78 is 49.1. The summed E-state index contributed by atoms with van der Waals surface area (Å²) in [6.45, 7) is 2.73. The van der Waals surface area contributed by atoms with Crippen molar-refractivity contribution in [3.8, 4) is 0 Å². The van der Waals surface area contributed by atoms with Crippen LogP contribution in [0.2, 0.25) is 0 Å². The predicted molar refractivity (Wildman–Crippen MR) is 260 cm³/mol. The Balaban J connectivity index is 2.71. The molecule has 1 saturated carbocycles. The number of aliphatic hydroxyl groups excluding tert-OH is 4. The average Bonchev–Trinajstić information content (AvgIpc) is 3.29. The number of phosphoric acid groups is 2. The Bertz CT molecular complexity index is 1750. The molecular formula is C49H78O17P2. The highest BCUT2D eigenvalue weighted by atomic mass is 31.2. The first kappa shape index (κ1) is 62.6. The van der Waals surface area contributed by atoms with Gasteiger partial charge < -0.3 is 44.6 Å². The Hall–Kier alpha value is -3.41. The van der Waals surface area contributed by atoms with E-state index in [2.05, 4.69) is 85.2 Å². The van der Waals surface area contributed by atoms with Crippen LogP contribution in [0, 0.1) is 0 Å². The summed E-state index contributed by atoms with van der Waals surface area (Å²) in [5.41, 5.74) is 0. The predicted octanol–water partition coefficient (Wildman–Crippen LogP) is 8.35. The van der Waals surface area contributed by atoms with E-state index < -0.39 is 83.5 Å². The quantitative estimate of drug-likeness (QED) is 0.00764. The van der Waals surface area contributed by atoms with Gasteiger partial charge in [0.05, 0.1) is 6.61 Å². The molecule has 1 rings (SSSR count). The summed E-state index contributed by atoms with van der Waals surface area (Å²) in [5, 5.41) is 41.2. The van der Waals surface area contributed by atoms with Crippen LogP contribution >= 0.6 is 15.6 Å². The summed E-state index contributed by atoms with van der Waals surface area (Å²) in [6, 6.07) is 0. The number of rotatable bonds is 38. The molecule has 7 N–H and O–H groups in total. The number of carbonyl (C=O) groups excluding carboxylic acids is 3. The second kappa shape index (κ2) is 38.4. The molecule has 8 atom stereocenters. The lowest BCUT2D eigenvalue weighted by molar-refractivity contribution is -0.216. The highest BCUT2D eigenvalue weighted by Crippen LogP contribution is 2.49. The van der Waals surface area contributed by atoms with Gasteiger partial charge in [0.2, 0.25) is 0 Å². The largest absolute Gasteiger partial charge is 0.472 e. The first-order chi connectivity index (χ1) is 32.5. The van der Waals surface area contributed by atoms with E-state index >= 15 is 0 Å². The van der Waals surface area contributed by atoms with E-state index in [-0.39, 0.29) is 31.5 Å². The monoisotopic (exact) mass is 1000 g/mol. The minimum absolute atomic E-state index is 0.00251. The molecule has 0 amide bonds. The molecular weight excluding hydrogens is 922 g/mol. The smallest absolute Gasteiger partial charge is 0.462 e. The zero-order valence-electron chi connectivity index (χ0n) is 39.7. The zero-order chi connectivity index (χ0) is 50.5. The van der Waals surface area contributed by atoms with Crippen LogP contribution in [0.25, 0.3) is 0 Å². The SMILES string of the molecule is CC/C=C\C/C=C\C/C=C\C/C=C\CCCCCCC(=O)OC[C@H](COP(=O)(O)O[C@H]1C(O)C(O)C(O)[C@@H](OP(=O)(O)O)C1O)OC(=O)CCCC(=O)/C=C/C=C\C/C=C\C/C=C\CCCCC. The normalized spacial score (nSPS) is 22.0. The highest BCUT2D eigenvalue weighted by Gasteiger charge is 2.54. The fourth-order valence-electron chi connectivity index (χ4n) is 6.44. The Morgan fingerprint density at radius 2 is 1.04 bits per heavy atom. The van der Waals surface area contributed by atoms with Crippen LogP contribution in [0.15, 0.2) is 97.2 Å². The molecule has 386 valence electrons. The minimum Gasteiger partial charge on any atom is -0.462 e. The number of phosphoric ester groups is 2. The van der Waals surface area contributed by atoms with Crippen molar-refractivity contribution >= 4 is 33.4 Å². The van der Waals surface area contributed by atoms with E-state index in [0.29, 0.717) is 12.8 Å². The van der Waals surface area contributed by atoms with Gasteiger partial charge in [-0.15, -0.1) is 0 Å². The second-order valence-electron chi connectivity index (χ2n) is 16.1. The highest BCUT2D eigenvalue weighted by molar-refractivity contribution is 7.47. The van der Waals surface area contributed by atoms with Gasteiger partial charge in [-0.1, -0.05) is 131 Å². The van der Waals surface area contributed by atoms with Crippen LogP contribution in [0.5, 0.6) is 0 Å². The Kier molecular flexibility index (Phi) is 35.3. The van der Waals surface area contributed by atoms with E-state index in [0.717, 1.165) is 64.2 Å². The number of hydrogen-bond acceptors (Lipinski definition) is 14. The number of ketones is 1. The van der Waals surface area contributed by atoms with Crippen molar-refractivity contribution in [2.24, 2.45) is 0 Å². The van der Waals surface area contributed by atoms with E-state index in [1.165, 1.54) is 25.3 Å². The molecule has 0 aromatic heterocycles. The summed E-state index contributed by atoms with van der Waals surface area (Å²) in [6.07, 6.45) is 30.8. The standard InChI is InChI=1S/C49H78O17P2/c1-3-5-7-9-11-13-15-17-18-19-20-22-24-26-28-30-32-36-42(51)62-38-41(39-63-68(60,61)66-49-46(55)44(53)45(54)48(47(49)56)65-67(57,58)59)64-43(52)37-33-35-40(50)34-31-29-27-25-23-21-16-14-12-10-8-6-4-2/h5,7,11-14,17-18,20-23,27,29,31,34,41,44-49,53-56H,3-4,6,8-10,15-16,19,24-26,28,30,32-33,35-39H2,1-2H3,(H,60,61)(H2,57,58,59)/b7-5-,13-11-,14-12-,18-17-,22-20-,23-21-,29-27-,34-31+/t41-,44?,45?,46?,47?,48-,49+/m1/s1. The van der Waals surface area contributed by atoms with Gasteiger partial charge in [0, 0.05) is 19.3 Å². The summed E-state index contributed by atoms with van der Waals surface area (Å²) in [7, 11) is -10.8. The first-order valence-corrected chi connectivity index (χ1v) is 26.8. The third-order valence-corrected chi connectivity index (χ3v) is 11.6. The molecule has 68 heavy (non-hydrogen) atoms. The van der Waals surface area contributed by atoms with Crippen LogP contribution in [-0.4, -0.2) is 109 Å². The molecule has 0 radical (unpaired) electrons. The van der Waals surface area contributed by atoms with Gasteiger partial charge in [-0.05, 0) is 83.1 Å². The Morgan fingerprint density at radius 1 is 0.529 bits per heavy atom. The van der Waals surface area contributed by atoms with Crippen molar-refractivity contribution in [3.05, 3.63) is 97.2 Å². The molecule has 0 heterocycles. The molecule has 0 aromatic rings. The molecule has 1 aliphatic rings. The maximum absolute atomic E-state index is 13.0. The zero-order valence-corrected chi connectivity index (χ0v) is 41.5. The topological polar surface area (TPSA) is 273 Å². The second-order valence-corrected chi connectivity index (χ2v) is 18.7. The molecule has 1 fully saturated rings. The molecule has 0 bridgehead atoms. The average molecular weight is 1000 g/mol. The first-order valence-electron chi connectivity index (χ1n) is 23.7. The van der Waals surface area contributed by atoms with Gasteiger partial charge >= 0.3 is 27.6 Å². The van der Waals surface area contributed by atoms with Crippen molar-refractivity contribution in [1.82, 2.24) is 0 Å². The third-order valence-electron chi connectivity index (χ3n) is 10.1. The minimum atomic E-state index is -5.40. The number of aliphatic hydroxyl groups is 4. The van der Waals surface area contributed by atoms with Gasteiger partial charge in [-0.25, -0.2) is 9.13 Å². The van der Waals surface area contributed by atoms with Crippen molar-refractivity contribution in [1.29, 1.82) is 0 Å². The summed E-state index contributed by atoms with van der Waals surface area (Å²) in [4.78, 5) is 66.6. The Labute approximate surface area is 402 Å². The molecule has 17 nitrogen and oxygen atoms in total. The van der Waals surface area contributed by atoms with E-state index in [1.807, 2.05) is 12.2 Å². The van der Waals surface area contributed by atoms with Crippen LogP contribution in [-0.2, 0) is 46.6 Å². The van der Waals surface area contributed by atoms with Gasteiger partial charge in [0.25, 0.3) is 0 Å². The van der Waals surface area contributed by atoms with Crippen molar-refractivity contribution in [2.45, 2.75) is 179 Å². The molecule has 0 aliphatic heterocycles. The van der Waals surface area contributed by atoms with Gasteiger partial charge in [-0.3, -0.25) is 28.0 Å². The van der Waals surface area contributed by atoms with Crippen molar-refractivity contribution in [2.75, 3.05) is 13.2 Å². The molecule has 1 aliphatic carbocycles. The Morgan fingerprint density at radius 3 is 1.62 bits per heavy atom.